The summed E-state index contributed by atoms with van der Waals surface area (Å²) >= 11 is 0. The third-order valence-corrected chi connectivity index (χ3v) is 4.51. The van der Waals surface area contributed by atoms with Crippen molar-refractivity contribution in [3.8, 4) is 0 Å². The van der Waals surface area contributed by atoms with E-state index in [2.05, 4.69) is 11.8 Å². The van der Waals surface area contributed by atoms with Gasteiger partial charge in [0.1, 0.15) is 0 Å². The van der Waals surface area contributed by atoms with Crippen molar-refractivity contribution in [3.05, 3.63) is 0 Å². The number of carboxylic acids is 1. The standard InChI is InChI=1S/C14H27NO2/c1-4-12-8-7-9-15(10-12)11-14(5-2,6-3)13(16)17/h12H,4-11H2,1-3H3,(H,16,17). The first-order valence-corrected chi connectivity index (χ1v) is 7.03. The fourth-order valence-corrected chi connectivity index (χ4v) is 2.90. The quantitative estimate of drug-likeness (QED) is 0.777. The number of nitrogens with zero attached hydrogens (tertiary/aromatic N) is 1. The molecule has 1 saturated heterocycles. The van der Waals surface area contributed by atoms with Crippen molar-refractivity contribution >= 4 is 5.97 Å². The smallest absolute Gasteiger partial charge is 0.310 e. The van der Waals surface area contributed by atoms with Crippen molar-refractivity contribution in [1.82, 2.24) is 4.90 Å². The number of hydrogen-bond acceptors (Lipinski definition) is 2. The number of hydrogen-bond donors (Lipinski definition) is 1. The van der Waals surface area contributed by atoms with Crippen LogP contribution in [0, 0.1) is 11.3 Å². The molecule has 0 aliphatic carbocycles. The molecule has 0 aromatic heterocycles. The Hall–Kier alpha value is -0.570. The van der Waals surface area contributed by atoms with Crippen molar-refractivity contribution in [2.75, 3.05) is 19.6 Å². The lowest BCUT2D eigenvalue weighted by molar-refractivity contribution is -0.151. The molecule has 17 heavy (non-hydrogen) atoms. The SMILES string of the molecule is CCC1CCCN(CC(CC)(CC)C(=O)O)C1. The minimum atomic E-state index is -0.624. The van der Waals surface area contributed by atoms with E-state index in [0.717, 1.165) is 38.4 Å². The predicted molar refractivity (Wildman–Crippen MR) is 70.1 cm³/mol. The summed E-state index contributed by atoms with van der Waals surface area (Å²) in [7, 11) is 0. The lowest BCUT2D eigenvalue weighted by atomic mass is 9.81. The maximum atomic E-state index is 11.5. The van der Waals surface area contributed by atoms with Crippen LogP contribution in [0.2, 0.25) is 0 Å². The molecule has 0 radical (unpaired) electrons. The molecule has 1 aliphatic heterocycles. The van der Waals surface area contributed by atoms with Gasteiger partial charge in [0.15, 0.2) is 0 Å². The van der Waals surface area contributed by atoms with Gasteiger partial charge in [-0.15, -0.1) is 0 Å². The molecule has 1 aliphatic rings. The van der Waals surface area contributed by atoms with Crippen molar-refractivity contribution in [2.24, 2.45) is 11.3 Å². The summed E-state index contributed by atoms with van der Waals surface area (Å²) in [4.78, 5) is 13.9. The van der Waals surface area contributed by atoms with E-state index in [1.54, 1.807) is 0 Å². The number of likely N-dealkylation sites (tertiary alicyclic amines) is 1. The van der Waals surface area contributed by atoms with Crippen LogP contribution in [-0.4, -0.2) is 35.6 Å². The first kappa shape index (κ1) is 14.5. The molecule has 0 aromatic carbocycles. The van der Waals surface area contributed by atoms with Gasteiger partial charge < -0.3 is 10.0 Å². The Labute approximate surface area is 105 Å². The molecule has 0 spiro atoms. The molecule has 1 fully saturated rings. The second-order valence-electron chi connectivity index (χ2n) is 5.44. The van der Waals surface area contributed by atoms with Gasteiger partial charge in [0, 0.05) is 13.1 Å². The molecule has 1 N–H and O–H groups in total. The summed E-state index contributed by atoms with van der Waals surface area (Å²) in [6, 6.07) is 0. The summed E-state index contributed by atoms with van der Waals surface area (Å²) in [5, 5.41) is 9.45. The summed E-state index contributed by atoms with van der Waals surface area (Å²) in [5.41, 5.74) is -0.532. The summed E-state index contributed by atoms with van der Waals surface area (Å²) in [5.74, 6) is 0.144. The third kappa shape index (κ3) is 3.44. The van der Waals surface area contributed by atoms with Gasteiger partial charge >= 0.3 is 5.97 Å². The van der Waals surface area contributed by atoms with E-state index in [9.17, 15) is 9.90 Å². The van der Waals surface area contributed by atoms with E-state index in [1.165, 1.54) is 19.3 Å². The molecule has 1 rings (SSSR count). The first-order chi connectivity index (χ1) is 8.07. The average molecular weight is 241 g/mol. The van der Waals surface area contributed by atoms with Gasteiger partial charge in [-0.05, 0) is 38.1 Å². The summed E-state index contributed by atoms with van der Waals surface area (Å²) in [6.07, 6.45) is 5.21. The molecular weight excluding hydrogens is 214 g/mol. The fraction of sp³-hybridized carbons (Fsp3) is 0.929. The van der Waals surface area contributed by atoms with Crippen LogP contribution >= 0.6 is 0 Å². The molecular formula is C14H27NO2. The van der Waals surface area contributed by atoms with Gasteiger partial charge in [0.05, 0.1) is 5.41 Å². The lowest BCUT2D eigenvalue weighted by Crippen LogP contribution is -2.46. The minimum absolute atomic E-state index is 0.532. The fourth-order valence-electron chi connectivity index (χ4n) is 2.90. The number of carboxylic acid groups (broad SMARTS) is 1. The van der Waals surface area contributed by atoms with Crippen LogP contribution in [-0.2, 0) is 4.79 Å². The van der Waals surface area contributed by atoms with Crippen molar-refractivity contribution in [3.63, 3.8) is 0 Å². The maximum Gasteiger partial charge on any atom is 0.310 e. The van der Waals surface area contributed by atoms with Crippen LogP contribution in [0.1, 0.15) is 52.9 Å². The topological polar surface area (TPSA) is 40.5 Å². The average Bonchev–Trinajstić information content (AvgIpc) is 2.36. The molecule has 3 heteroatoms. The molecule has 0 bridgehead atoms. The second kappa shape index (κ2) is 6.39. The van der Waals surface area contributed by atoms with E-state index >= 15 is 0 Å². The van der Waals surface area contributed by atoms with E-state index < -0.39 is 11.4 Å². The molecule has 0 saturated carbocycles. The zero-order chi connectivity index (χ0) is 12.9. The largest absolute Gasteiger partial charge is 0.481 e. The Bertz CT molecular complexity index is 249. The Morgan fingerprint density at radius 1 is 1.35 bits per heavy atom. The van der Waals surface area contributed by atoms with Crippen LogP contribution in [0.4, 0.5) is 0 Å². The minimum Gasteiger partial charge on any atom is -0.481 e. The summed E-state index contributed by atoms with van der Waals surface area (Å²) in [6.45, 7) is 9.12. The Morgan fingerprint density at radius 2 is 2.00 bits per heavy atom. The number of carbonyl (C=O) groups is 1. The Morgan fingerprint density at radius 3 is 2.47 bits per heavy atom. The molecule has 0 amide bonds. The molecule has 3 nitrogen and oxygen atoms in total. The van der Waals surface area contributed by atoms with Gasteiger partial charge in [-0.25, -0.2) is 0 Å². The van der Waals surface area contributed by atoms with Gasteiger partial charge in [-0.1, -0.05) is 27.2 Å². The van der Waals surface area contributed by atoms with Crippen LogP contribution in [0.25, 0.3) is 0 Å². The highest BCUT2D eigenvalue weighted by molar-refractivity contribution is 5.74. The molecule has 1 heterocycles. The molecule has 1 unspecified atom stereocenters. The number of rotatable bonds is 6. The highest BCUT2D eigenvalue weighted by atomic mass is 16.4. The number of piperidine rings is 1. The highest BCUT2D eigenvalue weighted by Crippen LogP contribution is 2.30. The van der Waals surface area contributed by atoms with Crippen molar-refractivity contribution in [1.29, 1.82) is 0 Å². The molecule has 100 valence electrons. The zero-order valence-corrected chi connectivity index (χ0v) is 11.5. The molecule has 0 aromatic rings. The van der Waals surface area contributed by atoms with Gasteiger partial charge in [-0.2, -0.15) is 0 Å². The van der Waals surface area contributed by atoms with Crippen molar-refractivity contribution in [2.45, 2.75) is 52.9 Å². The first-order valence-electron chi connectivity index (χ1n) is 7.03. The van der Waals surface area contributed by atoms with Gasteiger partial charge in [0.2, 0.25) is 0 Å². The van der Waals surface area contributed by atoms with E-state index in [0.29, 0.717) is 0 Å². The Kier molecular flexibility index (Phi) is 5.44. The van der Waals surface area contributed by atoms with Gasteiger partial charge in [-0.3, -0.25) is 4.79 Å². The van der Waals surface area contributed by atoms with Crippen LogP contribution < -0.4 is 0 Å². The van der Waals surface area contributed by atoms with Gasteiger partial charge in [0.25, 0.3) is 0 Å². The van der Waals surface area contributed by atoms with Crippen LogP contribution in [0.3, 0.4) is 0 Å². The maximum absolute atomic E-state index is 11.5. The van der Waals surface area contributed by atoms with Crippen molar-refractivity contribution < 1.29 is 9.90 Å². The highest BCUT2D eigenvalue weighted by Gasteiger charge is 2.37. The van der Waals surface area contributed by atoms with E-state index in [-0.39, 0.29) is 0 Å². The second-order valence-corrected chi connectivity index (χ2v) is 5.44. The monoisotopic (exact) mass is 241 g/mol. The van der Waals surface area contributed by atoms with Crippen LogP contribution in [0.15, 0.2) is 0 Å². The summed E-state index contributed by atoms with van der Waals surface area (Å²) < 4.78 is 0. The van der Waals surface area contributed by atoms with E-state index in [4.69, 9.17) is 0 Å². The van der Waals surface area contributed by atoms with Crippen LogP contribution in [0.5, 0.6) is 0 Å². The molecule has 1 atom stereocenters. The lowest BCUT2D eigenvalue weighted by Gasteiger charge is -2.38. The number of aliphatic carboxylic acids is 1. The normalized spacial score (nSPS) is 22.6. The zero-order valence-electron chi connectivity index (χ0n) is 11.5. The van der Waals surface area contributed by atoms with E-state index in [1.807, 2.05) is 13.8 Å². The Balaban J connectivity index is 2.63. The third-order valence-electron chi connectivity index (χ3n) is 4.51. The predicted octanol–water partition coefficient (Wildman–Crippen LogP) is 3.00.